The second-order valence-corrected chi connectivity index (χ2v) is 8.35. The second kappa shape index (κ2) is 8.90. The van der Waals surface area contributed by atoms with Crippen molar-refractivity contribution >= 4 is 46.6 Å². The van der Waals surface area contributed by atoms with Crippen LogP contribution in [0.15, 0.2) is 65.8 Å². The van der Waals surface area contributed by atoms with Crippen LogP contribution in [-0.2, 0) is 0 Å². The predicted molar refractivity (Wildman–Crippen MR) is 123 cm³/mol. The minimum absolute atomic E-state index is 0.328. The normalized spacial score (nSPS) is 11.0. The smallest absolute Gasteiger partial charge is 0.132 e. The minimum Gasteiger partial charge on any atom is -0.253 e. The molecular weight excluding hydrogens is 464 g/mol. The van der Waals surface area contributed by atoms with Crippen LogP contribution >= 0.6 is 46.6 Å². The van der Waals surface area contributed by atoms with Crippen molar-refractivity contribution in [1.82, 2.24) is 15.2 Å². The van der Waals surface area contributed by atoms with Crippen LogP contribution in [0.2, 0.25) is 15.1 Å². The van der Waals surface area contributed by atoms with E-state index in [0.717, 1.165) is 5.56 Å². The molecule has 0 aliphatic rings. The summed E-state index contributed by atoms with van der Waals surface area (Å²) >= 11 is 20.1. The SMILES string of the molecule is CSc1nnc(-c2ccccc2F)c(-c2ccc(Cl)cc2)c1-c1ncc(Cl)cc1Cl. The summed E-state index contributed by atoms with van der Waals surface area (Å²) in [5.41, 5.74) is 3.30. The molecule has 0 aliphatic carbocycles. The second-order valence-electron chi connectivity index (χ2n) is 6.28. The van der Waals surface area contributed by atoms with Gasteiger partial charge in [0.1, 0.15) is 16.5 Å². The number of nitrogens with zero attached hydrogens (tertiary/aromatic N) is 3. The Hall–Kier alpha value is -2.18. The highest BCUT2D eigenvalue weighted by Gasteiger charge is 2.24. The fraction of sp³-hybridized carbons (Fsp3) is 0.0455. The average molecular weight is 477 g/mol. The molecule has 2 heterocycles. The topological polar surface area (TPSA) is 38.7 Å². The molecule has 0 aliphatic heterocycles. The van der Waals surface area contributed by atoms with Crippen LogP contribution in [0.5, 0.6) is 0 Å². The Labute approximate surface area is 192 Å². The van der Waals surface area contributed by atoms with Gasteiger partial charge in [0.2, 0.25) is 0 Å². The molecule has 0 saturated heterocycles. The van der Waals surface area contributed by atoms with E-state index in [-0.39, 0.29) is 0 Å². The van der Waals surface area contributed by atoms with Gasteiger partial charge in [-0.1, -0.05) is 59.1 Å². The van der Waals surface area contributed by atoms with Crippen LogP contribution in [0.1, 0.15) is 0 Å². The molecule has 150 valence electrons. The highest BCUT2D eigenvalue weighted by atomic mass is 35.5. The molecule has 0 bridgehead atoms. The maximum Gasteiger partial charge on any atom is 0.132 e. The van der Waals surface area contributed by atoms with Crippen molar-refractivity contribution in [2.45, 2.75) is 5.03 Å². The monoisotopic (exact) mass is 475 g/mol. The first kappa shape index (κ1) is 21.1. The molecule has 0 fully saturated rings. The first-order chi connectivity index (χ1) is 14.5. The summed E-state index contributed by atoms with van der Waals surface area (Å²) < 4.78 is 14.7. The summed E-state index contributed by atoms with van der Waals surface area (Å²) in [4.78, 5) is 4.45. The number of hydrogen-bond acceptors (Lipinski definition) is 4. The number of thioether (sulfide) groups is 1. The lowest BCUT2D eigenvalue weighted by Gasteiger charge is -2.17. The Morgan fingerprint density at radius 3 is 2.23 bits per heavy atom. The highest BCUT2D eigenvalue weighted by molar-refractivity contribution is 7.98. The third kappa shape index (κ3) is 4.03. The molecule has 0 atom stereocenters. The Morgan fingerprint density at radius 2 is 1.57 bits per heavy atom. The number of halogens is 4. The number of benzene rings is 2. The zero-order valence-corrected chi connectivity index (χ0v) is 18.6. The summed E-state index contributed by atoms with van der Waals surface area (Å²) in [5.74, 6) is -0.403. The van der Waals surface area contributed by atoms with E-state index in [0.29, 0.717) is 48.2 Å². The Bertz CT molecular complexity index is 1230. The number of rotatable bonds is 4. The molecule has 0 saturated carbocycles. The van der Waals surface area contributed by atoms with Crippen LogP contribution in [0.25, 0.3) is 33.6 Å². The largest absolute Gasteiger partial charge is 0.253 e. The molecule has 0 N–H and O–H groups in total. The molecular formula is C22H13Cl3FN3S. The molecule has 2 aromatic heterocycles. The van der Waals surface area contributed by atoms with Gasteiger partial charge in [-0.2, -0.15) is 0 Å². The highest BCUT2D eigenvalue weighted by Crippen LogP contribution is 2.44. The number of hydrogen-bond donors (Lipinski definition) is 0. The molecule has 0 spiro atoms. The summed E-state index contributed by atoms with van der Waals surface area (Å²) in [6, 6.07) is 15.3. The third-order valence-electron chi connectivity index (χ3n) is 4.44. The maximum absolute atomic E-state index is 14.7. The van der Waals surface area contributed by atoms with E-state index < -0.39 is 5.82 Å². The van der Waals surface area contributed by atoms with E-state index in [1.54, 1.807) is 36.4 Å². The molecule has 0 amide bonds. The lowest BCUT2D eigenvalue weighted by molar-refractivity contribution is 0.630. The summed E-state index contributed by atoms with van der Waals surface area (Å²) in [6.45, 7) is 0. The fourth-order valence-electron chi connectivity index (χ4n) is 3.12. The number of pyridine rings is 1. The fourth-order valence-corrected chi connectivity index (χ4v) is 4.25. The van der Waals surface area contributed by atoms with Crippen LogP contribution in [0, 0.1) is 5.82 Å². The lowest BCUT2D eigenvalue weighted by atomic mass is 9.94. The Morgan fingerprint density at radius 1 is 0.833 bits per heavy atom. The lowest BCUT2D eigenvalue weighted by Crippen LogP contribution is -2.02. The molecule has 30 heavy (non-hydrogen) atoms. The van der Waals surface area contributed by atoms with Gasteiger partial charge in [0, 0.05) is 27.9 Å². The third-order valence-corrected chi connectivity index (χ3v) is 5.86. The van der Waals surface area contributed by atoms with Gasteiger partial charge in [-0.05, 0) is 42.2 Å². The Balaban J connectivity index is 2.13. The van der Waals surface area contributed by atoms with Crippen LogP contribution in [-0.4, -0.2) is 21.4 Å². The van der Waals surface area contributed by atoms with Crippen molar-refractivity contribution in [3.05, 3.63) is 81.7 Å². The van der Waals surface area contributed by atoms with E-state index in [1.807, 2.05) is 18.4 Å². The van der Waals surface area contributed by atoms with Crippen LogP contribution in [0.3, 0.4) is 0 Å². The van der Waals surface area contributed by atoms with Gasteiger partial charge in [-0.3, -0.25) is 4.98 Å². The maximum atomic E-state index is 14.7. The zero-order valence-electron chi connectivity index (χ0n) is 15.5. The van der Waals surface area contributed by atoms with Gasteiger partial charge in [0.25, 0.3) is 0 Å². The molecule has 8 heteroatoms. The van der Waals surface area contributed by atoms with E-state index in [4.69, 9.17) is 34.8 Å². The summed E-state index contributed by atoms with van der Waals surface area (Å²) in [6.07, 6.45) is 3.40. The van der Waals surface area contributed by atoms with Crippen LogP contribution in [0.4, 0.5) is 4.39 Å². The minimum atomic E-state index is -0.403. The van der Waals surface area contributed by atoms with Crippen molar-refractivity contribution in [2.75, 3.05) is 6.26 Å². The van der Waals surface area contributed by atoms with Gasteiger partial charge in [-0.15, -0.1) is 22.0 Å². The van der Waals surface area contributed by atoms with Crippen molar-refractivity contribution in [3.63, 3.8) is 0 Å². The van der Waals surface area contributed by atoms with E-state index >= 15 is 0 Å². The summed E-state index contributed by atoms with van der Waals surface area (Å²) in [5, 5.41) is 10.7. The zero-order chi connectivity index (χ0) is 21.3. The first-order valence-corrected chi connectivity index (χ1v) is 11.1. The van der Waals surface area contributed by atoms with Crippen molar-refractivity contribution in [2.24, 2.45) is 0 Å². The van der Waals surface area contributed by atoms with Crippen molar-refractivity contribution in [1.29, 1.82) is 0 Å². The summed E-state index contributed by atoms with van der Waals surface area (Å²) in [7, 11) is 0. The van der Waals surface area contributed by atoms with Gasteiger partial charge in [0.15, 0.2) is 0 Å². The molecule has 0 radical (unpaired) electrons. The van der Waals surface area contributed by atoms with E-state index in [9.17, 15) is 4.39 Å². The molecule has 4 aromatic rings. The van der Waals surface area contributed by atoms with Crippen molar-refractivity contribution < 1.29 is 4.39 Å². The molecule has 4 rings (SSSR count). The van der Waals surface area contributed by atoms with Gasteiger partial charge in [0.05, 0.1) is 15.7 Å². The first-order valence-electron chi connectivity index (χ1n) is 8.76. The van der Waals surface area contributed by atoms with Crippen molar-refractivity contribution in [3.8, 4) is 33.6 Å². The quantitative estimate of drug-likeness (QED) is 0.283. The predicted octanol–water partition coefficient (Wildman–Crippen LogP) is 7.69. The van der Waals surface area contributed by atoms with Gasteiger partial charge >= 0.3 is 0 Å². The Kier molecular flexibility index (Phi) is 6.25. The van der Waals surface area contributed by atoms with E-state index in [1.165, 1.54) is 24.0 Å². The standard InChI is InChI=1S/C22H13Cl3FN3S/c1-30-22-19(21-16(25)10-14(24)11-27-21)18(12-6-8-13(23)9-7-12)20(28-29-22)15-4-2-3-5-17(15)26/h2-11H,1H3. The van der Waals surface area contributed by atoms with Gasteiger partial charge in [-0.25, -0.2) is 4.39 Å². The average Bonchev–Trinajstić information content (AvgIpc) is 2.74. The van der Waals surface area contributed by atoms with E-state index in [2.05, 4.69) is 15.2 Å². The van der Waals surface area contributed by atoms with Crippen LogP contribution < -0.4 is 0 Å². The van der Waals surface area contributed by atoms with Gasteiger partial charge < -0.3 is 0 Å². The molecule has 0 unspecified atom stereocenters. The number of aromatic nitrogens is 3. The molecule has 3 nitrogen and oxygen atoms in total. The molecule has 2 aromatic carbocycles.